The SMILES string of the molecule is Nc1cc(-c2nc(Cc3ccccn3)no2)ccc1F. The summed E-state index contributed by atoms with van der Waals surface area (Å²) in [6, 6.07) is 9.90. The fraction of sp³-hybridized carbons (Fsp3) is 0.0714. The summed E-state index contributed by atoms with van der Waals surface area (Å²) in [6.07, 6.45) is 2.18. The first kappa shape index (κ1) is 12.3. The number of anilines is 1. The molecular formula is C14H11FN4O. The molecule has 0 saturated heterocycles. The maximum absolute atomic E-state index is 13.1. The average Bonchev–Trinajstić information content (AvgIpc) is 2.91. The van der Waals surface area contributed by atoms with Gasteiger partial charge in [0.15, 0.2) is 5.82 Å². The van der Waals surface area contributed by atoms with Crippen molar-refractivity contribution in [2.75, 3.05) is 5.73 Å². The monoisotopic (exact) mass is 270 g/mol. The van der Waals surface area contributed by atoms with Crippen LogP contribution in [0.1, 0.15) is 11.5 Å². The van der Waals surface area contributed by atoms with E-state index in [1.807, 2.05) is 18.2 Å². The van der Waals surface area contributed by atoms with E-state index in [1.165, 1.54) is 12.1 Å². The third kappa shape index (κ3) is 2.49. The molecule has 20 heavy (non-hydrogen) atoms. The van der Waals surface area contributed by atoms with Crippen molar-refractivity contribution < 1.29 is 8.91 Å². The van der Waals surface area contributed by atoms with Crippen molar-refractivity contribution in [3.63, 3.8) is 0 Å². The molecule has 2 N–H and O–H groups in total. The van der Waals surface area contributed by atoms with E-state index in [2.05, 4.69) is 15.1 Å². The van der Waals surface area contributed by atoms with Gasteiger partial charge in [0.05, 0.1) is 12.1 Å². The molecule has 0 atom stereocenters. The van der Waals surface area contributed by atoms with Crippen molar-refractivity contribution >= 4 is 5.69 Å². The van der Waals surface area contributed by atoms with Crippen LogP contribution in [0.25, 0.3) is 11.5 Å². The van der Waals surface area contributed by atoms with Crippen LogP contribution in [-0.2, 0) is 6.42 Å². The van der Waals surface area contributed by atoms with Crippen LogP contribution in [0.15, 0.2) is 47.1 Å². The maximum atomic E-state index is 13.1. The fourth-order valence-corrected chi connectivity index (χ4v) is 1.78. The second kappa shape index (κ2) is 5.08. The maximum Gasteiger partial charge on any atom is 0.258 e. The molecule has 6 heteroatoms. The summed E-state index contributed by atoms with van der Waals surface area (Å²) < 4.78 is 18.3. The van der Waals surface area contributed by atoms with Crippen LogP contribution >= 0.6 is 0 Å². The molecule has 0 aliphatic carbocycles. The van der Waals surface area contributed by atoms with Gasteiger partial charge in [0.25, 0.3) is 5.89 Å². The van der Waals surface area contributed by atoms with E-state index < -0.39 is 5.82 Å². The number of rotatable bonds is 3. The van der Waals surface area contributed by atoms with Gasteiger partial charge in [0.1, 0.15) is 5.82 Å². The van der Waals surface area contributed by atoms with Crippen LogP contribution in [0.5, 0.6) is 0 Å². The number of benzene rings is 1. The van der Waals surface area contributed by atoms with Gasteiger partial charge >= 0.3 is 0 Å². The first-order valence-electron chi connectivity index (χ1n) is 6.00. The van der Waals surface area contributed by atoms with Gasteiger partial charge in [-0.2, -0.15) is 4.98 Å². The van der Waals surface area contributed by atoms with Crippen LogP contribution in [0.2, 0.25) is 0 Å². The lowest BCUT2D eigenvalue weighted by Crippen LogP contribution is -1.93. The van der Waals surface area contributed by atoms with Gasteiger partial charge in [-0.25, -0.2) is 4.39 Å². The molecule has 0 spiro atoms. The summed E-state index contributed by atoms with van der Waals surface area (Å²) >= 11 is 0. The molecule has 100 valence electrons. The average molecular weight is 270 g/mol. The summed E-state index contributed by atoms with van der Waals surface area (Å²) in [7, 11) is 0. The number of hydrogen-bond acceptors (Lipinski definition) is 5. The Morgan fingerprint density at radius 2 is 2.10 bits per heavy atom. The summed E-state index contributed by atoms with van der Waals surface area (Å²) in [4.78, 5) is 8.44. The van der Waals surface area contributed by atoms with Gasteiger partial charge in [-0.1, -0.05) is 11.2 Å². The summed E-state index contributed by atoms with van der Waals surface area (Å²) in [6.45, 7) is 0. The first-order chi connectivity index (χ1) is 9.72. The smallest absolute Gasteiger partial charge is 0.258 e. The topological polar surface area (TPSA) is 77.8 Å². The van der Waals surface area contributed by atoms with Crippen molar-refractivity contribution in [3.8, 4) is 11.5 Å². The molecule has 0 aliphatic heterocycles. The fourth-order valence-electron chi connectivity index (χ4n) is 1.78. The molecule has 0 fully saturated rings. The number of nitrogens with zero attached hydrogens (tertiary/aromatic N) is 3. The van der Waals surface area contributed by atoms with Crippen molar-refractivity contribution in [1.29, 1.82) is 0 Å². The molecule has 3 rings (SSSR count). The van der Waals surface area contributed by atoms with Gasteiger partial charge in [-0.05, 0) is 30.3 Å². The first-order valence-corrected chi connectivity index (χ1v) is 6.00. The number of pyridine rings is 1. The highest BCUT2D eigenvalue weighted by Gasteiger charge is 2.11. The Bertz CT molecular complexity index is 727. The van der Waals surface area contributed by atoms with Crippen LogP contribution < -0.4 is 5.73 Å². The molecule has 0 aliphatic rings. The third-order valence-electron chi connectivity index (χ3n) is 2.78. The van der Waals surface area contributed by atoms with E-state index in [9.17, 15) is 4.39 Å². The van der Waals surface area contributed by atoms with Crippen molar-refractivity contribution in [2.24, 2.45) is 0 Å². The molecule has 1 aromatic carbocycles. The summed E-state index contributed by atoms with van der Waals surface area (Å²) in [5.41, 5.74) is 6.99. The quantitative estimate of drug-likeness (QED) is 0.739. The minimum atomic E-state index is -0.470. The minimum absolute atomic E-state index is 0.0481. The summed E-state index contributed by atoms with van der Waals surface area (Å²) in [5.74, 6) is 0.353. The Morgan fingerprint density at radius 1 is 1.20 bits per heavy atom. The number of hydrogen-bond donors (Lipinski definition) is 1. The van der Waals surface area contributed by atoms with Gasteiger partial charge in [0, 0.05) is 17.5 Å². The molecule has 0 saturated carbocycles. The van der Waals surface area contributed by atoms with E-state index in [0.29, 0.717) is 23.7 Å². The number of nitrogens with two attached hydrogens (primary N) is 1. The number of halogens is 1. The lowest BCUT2D eigenvalue weighted by molar-refractivity contribution is 0.423. The second-order valence-electron chi connectivity index (χ2n) is 4.25. The van der Waals surface area contributed by atoms with Gasteiger partial charge in [0.2, 0.25) is 0 Å². The van der Waals surface area contributed by atoms with E-state index in [1.54, 1.807) is 12.3 Å². The van der Waals surface area contributed by atoms with Crippen molar-refractivity contribution in [3.05, 3.63) is 59.9 Å². The van der Waals surface area contributed by atoms with Gasteiger partial charge < -0.3 is 10.3 Å². The van der Waals surface area contributed by atoms with Crippen molar-refractivity contribution in [1.82, 2.24) is 15.1 Å². The van der Waals surface area contributed by atoms with Crippen molar-refractivity contribution in [2.45, 2.75) is 6.42 Å². The van der Waals surface area contributed by atoms with Crippen LogP contribution in [0.4, 0.5) is 10.1 Å². The summed E-state index contributed by atoms with van der Waals surface area (Å²) in [5, 5.41) is 3.88. The number of nitrogen functional groups attached to an aromatic ring is 1. The Balaban J connectivity index is 1.84. The van der Waals surface area contributed by atoms with Crippen LogP contribution in [-0.4, -0.2) is 15.1 Å². The lowest BCUT2D eigenvalue weighted by atomic mass is 10.2. The third-order valence-corrected chi connectivity index (χ3v) is 2.78. The molecule has 2 aromatic heterocycles. The van der Waals surface area contributed by atoms with E-state index in [4.69, 9.17) is 10.3 Å². The molecular weight excluding hydrogens is 259 g/mol. The normalized spacial score (nSPS) is 10.7. The lowest BCUT2D eigenvalue weighted by Gasteiger charge is -1.97. The standard InChI is InChI=1S/C14H11FN4O/c15-11-5-4-9(7-12(11)16)14-18-13(19-20-14)8-10-3-1-2-6-17-10/h1-7H,8,16H2. The van der Waals surface area contributed by atoms with E-state index in [-0.39, 0.29) is 5.69 Å². The molecule has 2 heterocycles. The zero-order chi connectivity index (χ0) is 13.9. The molecule has 0 amide bonds. The van der Waals surface area contributed by atoms with Crippen LogP contribution in [0, 0.1) is 5.82 Å². The second-order valence-corrected chi connectivity index (χ2v) is 4.25. The van der Waals surface area contributed by atoms with Crippen LogP contribution in [0.3, 0.4) is 0 Å². The highest BCUT2D eigenvalue weighted by molar-refractivity contribution is 5.60. The molecule has 0 bridgehead atoms. The van der Waals surface area contributed by atoms with Gasteiger partial charge in [-0.15, -0.1) is 0 Å². The minimum Gasteiger partial charge on any atom is -0.396 e. The highest BCUT2D eigenvalue weighted by atomic mass is 19.1. The Labute approximate surface area is 114 Å². The molecule has 3 aromatic rings. The van der Waals surface area contributed by atoms with E-state index >= 15 is 0 Å². The molecule has 5 nitrogen and oxygen atoms in total. The Hall–Kier alpha value is -2.76. The van der Waals surface area contributed by atoms with E-state index in [0.717, 1.165) is 5.69 Å². The largest absolute Gasteiger partial charge is 0.396 e. The predicted octanol–water partition coefficient (Wildman–Crippen LogP) is 2.44. The predicted molar refractivity (Wildman–Crippen MR) is 71.1 cm³/mol. The van der Waals surface area contributed by atoms with Gasteiger partial charge in [-0.3, -0.25) is 4.98 Å². The molecule has 0 radical (unpaired) electrons. The zero-order valence-corrected chi connectivity index (χ0v) is 10.5. The number of aromatic nitrogens is 3. The molecule has 0 unspecified atom stereocenters. The zero-order valence-electron chi connectivity index (χ0n) is 10.5. The highest BCUT2D eigenvalue weighted by Crippen LogP contribution is 2.22. The Morgan fingerprint density at radius 3 is 2.85 bits per heavy atom. The Kier molecular flexibility index (Phi) is 3.12.